The van der Waals surface area contributed by atoms with Crippen LogP contribution in [0.4, 0.5) is 22.1 Å². The fraction of sp³-hybridized carbons (Fsp3) is 0.214. The van der Waals surface area contributed by atoms with Crippen molar-refractivity contribution in [3.05, 3.63) is 40.9 Å². The van der Waals surface area contributed by atoms with Gasteiger partial charge in [-0.15, -0.1) is 10.2 Å². The fourth-order valence-corrected chi connectivity index (χ4v) is 1.87. The fourth-order valence-electron chi connectivity index (χ4n) is 1.64. The molecule has 1 aromatic heterocycles. The van der Waals surface area contributed by atoms with E-state index in [0.29, 0.717) is 23.3 Å². The van der Waals surface area contributed by atoms with Gasteiger partial charge in [-0.25, -0.2) is 4.79 Å². The van der Waals surface area contributed by atoms with Crippen molar-refractivity contribution in [2.75, 3.05) is 17.2 Å². The monoisotopic (exact) mass is 306 g/mol. The number of nitrogens with zero attached hydrogens (tertiary/aromatic N) is 2. The van der Waals surface area contributed by atoms with Crippen LogP contribution in [0.25, 0.3) is 0 Å². The highest BCUT2D eigenvalue weighted by atomic mass is 35.5. The Kier molecular flexibility index (Phi) is 4.94. The maximum Gasteiger partial charge on any atom is 0.412 e. The molecule has 0 bridgehead atoms. The SMILES string of the molecule is CCOC(=O)Nc1ccc(Nc2ccc(Cl)cc2C)nn1. The molecule has 0 fully saturated rings. The predicted octanol–water partition coefficient (Wildman–Crippen LogP) is 3.75. The molecule has 0 aliphatic carbocycles. The van der Waals surface area contributed by atoms with Crippen LogP contribution in [0.1, 0.15) is 12.5 Å². The predicted molar refractivity (Wildman–Crippen MR) is 82.1 cm³/mol. The van der Waals surface area contributed by atoms with E-state index in [1.54, 1.807) is 25.1 Å². The number of aromatic nitrogens is 2. The summed E-state index contributed by atoms with van der Waals surface area (Å²) in [6.45, 7) is 3.97. The molecule has 2 rings (SSSR count). The molecule has 2 aromatic rings. The van der Waals surface area contributed by atoms with Crippen LogP contribution in [-0.2, 0) is 4.74 Å². The van der Waals surface area contributed by atoms with E-state index in [1.165, 1.54) is 0 Å². The third-order valence-electron chi connectivity index (χ3n) is 2.62. The number of rotatable bonds is 4. The summed E-state index contributed by atoms with van der Waals surface area (Å²) in [5, 5.41) is 14.2. The minimum absolute atomic E-state index is 0.300. The molecule has 0 spiro atoms. The summed E-state index contributed by atoms with van der Waals surface area (Å²) >= 11 is 5.91. The minimum atomic E-state index is -0.555. The lowest BCUT2D eigenvalue weighted by atomic mass is 10.2. The van der Waals surface area contributed by atoms with Crippen LogP contribution >= 0.6 is 11.6 Å². The van der Waals surface area contributed by atoms with Gasteiger partial charge in [-0.05, 0) is 49.7 Å². The zero-order valence-electron chi connectivity index (χ0n) is 11.7. The molecule has 1 aromatic carbocycles. The average Bonchev–Trinajstić information content (AvgIpc) is 2.44. The first-order valence-electron chi connectivity index (χ1n) is 6.39. The third kappa shape index (κ3) is 4.32. The first-order chi connectivity index (χ1) is 10.1. The van der Waals surface area contributed by atoms with Crippen molar-refractivity contribution in [3.63, 3.8) is 0 Å². The molecule has 7 heteroatoms. The summed E-state index contributed by atoms with van der Waals surface area (Å²) in [6.07, 6.45) is -0.555. The lowest BCUT2D eigenvalue weighted by Crippen LogP contribution is -2.14. The van der Waals surface area contributed by atoms with Crippen LogP contribution in [0.15, 0.2) is 30.3 Å². The van der Waals surface area contributed by atoms with Crippen molar-refractivity contribution in [3.8, 4) is 0 Å². The smallest absolute Gasteiger partial charge is 0.412 e. The topological polar surface area (TPSA) is 76.1 Å². The highest BCUT2D eigenvalue weighted by Gasteiger charge is 2.05. The Morgan fingerprint density at radius 3 is 2.57 bits per heavy atom. The van der Waals surface area contributed by atoms with Gasteiger partial charge >= 0.3 is 6.09 Å². The summed E-state index contributed by atoms with van der Waals surface area (Å²) in [6, 6.07) is 8.86. The standard InChI is InChI=1S/C14H15ClN4O2/c1-3-21-14(20)17-13-7-6-12(18-19-13)16-11-5-4-10(15)8-9(11)2/h4-8H,3H2,1-2H3,(H,16,18)(H,17,19,20). The molecule has 110 valence electrons. The summed E-state index contributed by atoms with van der Waals surface area (Å²) in [5.74, 6) is 0.890. The van der Waals surface area contributed by atoms with E-state index in [4.69, 9.17) is 16.3 Å². The number of hydrogen-bond acceptors (Lipinski definition) is 5. The van der Waals surface area contributed by atoms with E-state index in [0.717, 1.165) is 11.3 Å². The number of benzene rings is 1. The van der Waals surface area contributed by atoms with Crippen molar-refractivity contribution >= 4 is 35.0 Å². The molecule has 6 nitrogen and oxygen atoms in total. The van der Waals surface area contributed by atoms with Gasteiger partial charge in [-0.3, -0.25) is 5.32 Å². The van der Waals surface area contributed by atoms with Gasteiger partial charge in [0, 0.05) is 10.7 Å². The van der Waals surface area contributed by atoms with Crippen molar-refractivity contribution < 1.29 is 9.53 Å². The van der Waals surface area contributed by atoms with Gasteiger partial charge < -0.3 is 10.1 Å². The van der Waals surface area contributed by atoms with Gasteiger partial charge in [0.2, 0.25) is 0 Å². The van der Waals surface area contributed by atoms with Crippen LogP contribution in [0.2, 0.25) is 5.02 Å². The van der Waals surface area contributed by atoms with E-state index in [9.17, 15) is 4.79 Å². The molecule has 0 atom stereocenters. The number of nitrogens with one attached hydrogen (secondary N) is 2. The number of halogens is 1. The average molecular weight is 307 g/mol. The molecule has 1 amide bonds. The quantitative estimate of drug-likeness (QED) is 0.899. The molecule has 21 heavy (non-hydrogen) atoms. The number of ether oxygens (including phenoxy) is 1. The second kappa shape index (κ2) is 6.90. The van der Waals surface area contributed by atoms with Crippen LogP contribution in [0.3, 0.4) is 0 Å². The zero-order chi connectivity index (χ0) is 15.2. The minimum Gasteiger partial charge on any atom is -0.450 e. The molecule has 0 unspecified atom stereocenters. The van der Waals surface area contributed by atoms with Gasteiger partial charge in [0.25, 0.3) is 0 Å². The Morgan fingerprint density at radius 1 is 1.24 bits per heavy atom. The van der Waals surface area contributed by atoms with E-state index >= 15 is 0 Å². The molecular formula is C14H15ClN4O2. The van der Waals surface area contributed by atoms with E-state index in [-0.39, 0.29) is 0 Å². The Hall–Kier alpha value is -2.34. The number of hydrogen-bond donors (Lipinski definition) is 2. The van der Waals surface area contributed by atoms with E-state index in [1.807, 2.05) is 19.1 Å². The van der Waals surface area contributed by atoms with Crippen LogP contribution in [0, 0.1) is 6.92 Å². The molecule has 1 heterocycles. The van der Waals surface area contributed by atoms with Gasteiger partial charge in [0.05, 0.1) is 6.61 Å². The Morgan fingerprint density at radius 2 is 1.95 bits per heavy atom. The van der Waals surface area contributed by atoms with Crippen molar-refractivity contribution in [2.24, 2.45) is 0 Å². The molecule has 2 N–H and O–H groups in total. The Balaban J connectivity index is 2.03. The normalized spacial score (nSPS) is 10.0. The van der Waals surface area contributed by atoms with Crippen LogP contribution in [-0.4, -0.2) is 22.9 Å². The summed E-state index contributed by atoms with van der Waals surface area (Å²) in [7, 11) is 0. The number of carbonyl (C=O) groups is 1. The van der Waals surface area contributed by atoms with Crippen molar-refractivity contribution in [1.82, 2.24) is 10.2 Å². The third-order valence-corrected chi connectivity index (χ3v) is 2.86. The summed E-state index contributed by atoms with van der Waals surface area (Å²) in [5.41, 5.74) is 1.89. The number of amides is 1. The second-order valence-electron chi connectivity index (χ2n) is 4.23. The summed E-state index contributed by atoms with van der Waals surface area (Å²) < 4.78 is 4.75. The lowest BCUT2D eigenvalue weighted by Gasteiger charge is -2.09. The molecule has 0 radical (unpaired) electrons. The molecule has 0 saturated heterocycles. The van der Waals surface area contributed by atoms with Crippen molar-refractivity contribution in [2.45, 2.75) is 13.8 Å². The highest BCUT2D eigenvalue weighted by molar-refractivity contribution is 6.30. The van der Waals surface area contributed by atoms with Gasteiger partial charge in [-0.2, -0.15) is 0 Å². The number of anilines is 3. The maximum absolute atomic E-state index is 11.2. The van der Waals surface area contributed by atoms with Crippen molar-refractivity contribution in [1.29, 1.82) is 0 Å². The second-order valence-corrected chi connectivity index (χ2v) is 4.67. The van der Waals surface area contributed by atoms with Crippen LogP contribution in [0.5, 0.6) is 0 Å². The lowest BCUT2D eigenvalue weighted by molar-refractivity contribution is 0.168. The number of aryl methyl sites for hydroxylation is 1. The van der Waals surface area contributed by atoms with Gasteiger partial charge in [-0.1, -0.05) is 11.6 Å². The molecule has 0 aliphatic rings. The summed E-state index contributed by atoms with van der Waals surface area (Å²) in [4.78, 5) is 11.2. The number of carbonyl (C=O) groups excluding carboxylic acids is 1. The van der Waals surface area contributed by atoms with Crippen LogP contribution < -0.4 is 10.6 Å². The molecular weight excluding hydrogens is 292 g/mol. The molecule has 0 saturated carbocycles. The maximum atomic E-state index is 11.2. The Labute approximate surface area is 127 Å². The first kappa shape index (κ1) is 15.1. The largest absolute Gasteiger partial charge is 0.450 e. The zero-order valence-corrected chi connectivity index (χ0v) is 12.4. The van der Waals surface area contributed by atoms with Gasteiger partial charge in [0.15, 0.2) is 11.6 Å². The highest BCUT2D eigenvalue weighted by Crippen LogP contribution is 2.22. The van der Waals surface area contributed by atoms with E-state index in [2.05, 4.69) is 20.8 Å². The van der Waals surface area contributed by atoms with Gasteiger partial charge in [0.1, 0.15) is 0 Å². The van der Waals surface area contributed by atoms with E-state index < -0.39 is 6.09 Å². The molecule has 0 aliphatic heterocycles. The first-order valence-corrected chi connectivity index (χ1v) is 6.77. The Bertz CT molecular complexity index is 631.